The van der Waals surface area contributed by atoms with Crippen molar-refractivity contribution in [2.24, 2.45) is 23.7 Å². The third-order valence-electron chi connectivity index (χ3n) is 9.86. The predicted molar refractivity (Wildman–Crippen MR) is 232 cm³/mol. The fourth-order valence-corrected chi connectivity index (χ4v) is 6.21. The van der Waals surface area contributed by atoms with Crippen LogP contribution < -0.4 is 0 Å². The van der Waals surface area contributed by atoms with E-state index in [0.717, 1.165) is 64.2 Å². The minimum Gasteiger partial charge on any atom is -0.466 e. The number of unbranched alkanes of at least 4 members (excludes halogenated alkanes) is 18. The number of esters is 4. The van der Waals surface area contributed by atoms with Crippen molar-refractivity contribution < 1.29 is 38.1 Å². The molecular weight excluding hydrogens is 705 g/mol. The molecule has 0 aromatic heterocycles. The number of hydrogen-bond donors (Lipinski definition) is 0. The molecule has 0 bridgehead atoms. The molecule has 0 rings (SSSR count). The number of carbonyl (C=O) groups excluding carboxylic acids is 4. The monoisotopic (exact) mass is 797 g/mol. The first-order valence-electron chi connectivity index (χ1n) is 23.5. The van der Waals surface area contributed by atoms with Crippen molar-refractivity contribution in [2.75, 3.05) is 26.4 Å². The summed E-state index contributed by atoms with van der Waals surface area (Å²) < 4.78 is 20.8. The van der Waals surface area contributed by atoms with Crippen LogP contribution in [-0.2, 0) is 38.1 Å². The Kier molecular flexibility index (Phi) is 42.5. The molecule has 0 amide bonds. The topological polar surface area (TPSA) is 105 Å². The Bertz CT molecular complexity index is 902. The molecule has 0 aliphatic heterocycles. The van der Waals surface area contributed by atoms with Crippen LogP contribution in [0.3, 0.4) is 0 Å². The Hall–Kier alpha value is -2.12. The SMILES string of the molecule is CC(C)COC(=O)CCCCCCCCCCCC(C)CC(=O)OCC(C)C.CCCCOC(=O)CCCCCCCCCCCC(C)CC(=O)OCCCC. The second-order valence-corrected chi connectivity index (χ2v) is 17.4. The highest BCUT2D eigenvalue weighted by atomic mass is 16.5. The van der Waals surface area contributed by atoms with Gasteiger partial charge in [-0.15, -0.1) is 0 Å². The van der Waals surface area contributed by atoms with Gasteiger partial charge >= 0.3 is 23.9 Å². The van der Waals surface area contributed by atoms with Crippen molar-refractivity contribution in [3.05, 3.63) is 0 Å². The molecule has 0 heterocycles. The summed E-state index contributed by atoms with van der Waals surface area (Å²) in [7, 11) is 0. The molecule has 0 N–H and O–H groups in total. The van der Waals surface area contributed by atoms with E-state index in [9.17, 15) is 19.2 Å². The lowest BCUT2D eigenvalue weighted by Gasteiger charge is -2.12. The minimum atomic E-state index is -0.0469. The van der Waals surface area contributed by atoms with Crippen LogP contribution in [0.1, 0.15) is 235 Å². The van der Waals surface area contributed by atoms with Crippen molar-refractivity contribution >= 4 is 23.9 Å². The van der Waals surface area contributed by atoms with Crippen molar-refractivity contribution in [1.29, 1.82) is 0 Å². The van der Waals surface area contributed by atoms with E-state index in [0.29, 0.717) is 75.8 Å². The first kappa shape index (κ1) is 56.0. The van der Waals surface area contributed by atoms with Gasteiger partial charge in [-0.1, -0.05) is 184 Å². The Balaban J connectivity index is 0. The summed E-state index contributed by atoms with van der Waals surface area (Å²) in [6.07, 6.45) is 30.4. The predicted octanol–water partition coefficient (Wildman–Crippen LogP) is 13.7. The smallest absolute Gasteiger partial charge is 0.306 e. The first-order valence-corrected chi connectivity index (χ1v) is 23.5. The summed E-state index contributed by atoms with van der Waals surface area (Å²) in [5, 5.41) is 0. The summed E-state index contributed by atoms with van der Waals surface area (Å²) in [5.74, 6) is 1.52. The lowest BCUT2D eigenvalue weighted by atomic mass is 9.99. The molecule has 0 spiro atoms. The van der Waals surface area contributed by atoms with Crippen molar-refractivity contribution in [1.82, 2.24) is 0 Å². The summed E-state index contributed by atoms with van der Waals surface area (Å²) in [5.41, 5.74) is 0. The van der Waals surface area contributed by atoms with Crippen LogP contribution in [0.4, 0.5) is 0 Å². The largest absolute Gasteiger partial charge is 0.466 e. The lowest BCUT2D eigenvalue weighted by molar-refractivity contribution is -0.146. The normalized spacial score (nSPS) is 12.2. The summed E-state index contributed by atoms with van der Waals surface area (Å²) in [6.45, 7) is 19.0. The van der Waals surface area contributed by atoms with Crippen LogP contribution in [0.25, 0.3) is 0 Å². The summed E-state index contributed by atoms with van der Waals surface area (Å²) >= 11 is 0. The Morgan fingerprint density at radius 1 is 0.357 bits per heavy atom. The van der Waals surface area contributed by atoms with Gasteiger partial charge in [-0.25, -0.2) is 0 Å². The molecule has 2 unspecified atom stereocenters. The van der Waals surface area contributed by atoms with Gasteiger partial charge in [0, 0.05) is 25.7 Å². The Morgan fingerprint density at radius 2 is 0.643 bits per heavy atom. The van der Waals surface area contributed by atoms with Crippen LogP contribution in [0.5, 0.6) is 0 Å². The number of hydrogen-bond acceptors (Lipinski definition) is 8. The zero-order valence-corrected chi connectivity index (χ0v) is 38.2. The standard InChI is InChI=1S/2C24H46O4/c1-20(2)18-27-23(25)16-14-12-10-8-6-7-9-11-13-15-22(5)17-24(26)28-19-21(3)4;1-4-6-19-27-23(25)18-16-14-12-10-8-9-11-13-15-17-22(3)21-24(26)28-20-7-5-2/h20-22H,6-19H2,1-5H3;22H,4-21H2,1-3H3. The van der Waals surface area contributed by atoms with E-state index >= 15 is 0 Å². The van der Waals surface area contributed by atoms with Gasteiger partial charge in [-0.3, -0.25) is 19.2 Å². The van der Waals surface area contributed by atoms with Crippen LogP contribution in [-0.4, -0.2) is 50.3 Å². The van der Waals surface area contributed by atoms with Gasteiger partial charge in [-0.2, -0.15) is 0 Å². The molecule has 332 valence electrons. The molecule has 0 saturated heterocycles. The van der Waals surface area contributed by atoms with Gasteiger partial charge in [0.15, 0.2) is 0 Å². The van der Waals surface area contributed by atoms with E-state index in [1.165, 1.54) is 89.9 Å². The summed E-state index contributed by atoms with van der Waals surface area (Å²) in [6, 6.07) is 0. The zero-order chi connectivity index (χ0) is 42.1. The molecule has 0 aliphatic rings. The van der Waals surface area contributed by atoms with Crippen LogP contribution in [0.2, 0.25) is 0 Å². The Labute approximate surface area is 346 Å². The second-order valence-electron chi connectivity index (χ2n) is 17.4. The average molecular weight is 797 g/mol. The van der Waals surface area contributed by atoms with Gasteiger partial charge in [0.25, 0.3) is 0 Å². The second kappa shape index (κ2) is 42.5. The van der Waals surface area contributed by atoms with Gasteiger partial charge in [0.1, 0.15) is 0 Å². The fraction of sp³-hybridized carbons (Fsp3) is 0.917. The quantitative estimate of drug-likeness (QED) is 0.0345. The van der Waals surface area contributed by atoms with Crippen LogP contribution in [0, 0.1) is 23.7 Å². The fourth-order valence-electron chi connectivity index (χ4n) is 6.21. The number of rotatable bonds is 38. The minimum absolute atomic E-state index is 0.0306. The van der Waals surface area contributed by atoms with Crippen molar-refractivity contribution in [2.45, 2.75) is 235 Å². The molecule has 0 aromatic rings. The van der Waals surface area contributed by atoms with Crippen LogP contribution in [0.15, 0.2) is 0 Å². The molecule has 0 fully saturated rings. The maximum Gasteiger partial charge on any atom is 0.306 e. The Morgan fingerprint density at radius 3 is 1.00 bits per heavy atom. The van der Waals surface area contributed by atoms with Gasteiger partial charge in [-0.05, 0) is 49.4 Å². The molecular formula is C48H92O8. The third-order valence-corrected chi connectivity index (χ3v) is 9.86. The van der Waals surface area contributed by atoms with E-state index in [1.54, 1.807) is 0 Å². The highest BCUT2D eigenvalue weighted by molar-refractivity contribution is 5.70. The number of ether oxygens (including phenoxy) is 4. The van der Waals surface area contributed by atoms with E-state index in [2.05, 4.69) is 55.4 Å². The number of carbonyl (C=O) groups is 4. The van der Waals surface area contributed by atoms with E-state index in [-0.39, 0.29) is 23.9 Å². The van der Waals surface area contributed by atoms with Crippen LogP contribution >= 0.6 is 0 Å². The highest BCUT2D eigenvalue weighted by Gasteiger charge is 2.12. The molecule has 0 aliphatic carbocycles. The summed E-state index contributed by atoms with van der Waals surface area (Å²) in [4.78, 5) is 46.3. The van der Waals surface area contributed by atoms with E-state index in [4.69, 9.17) is 18.9 Å². The maximum absolute atomic E-state index is 11.7. The molecule has 2 atom stereocenters. The van der Waals surface area contributed by atoms with Gasteiger partial charge in [0.2, 0.25) is 0 Å². The maximum atomic E-state index is 11.7. The van der Waals surface area contributed by atoms with Crippen molar-refractivity contribution in [3.63, 3.8) is 0 Å². The molecule has 56 heavy (non-hydrogen) atoms. The molecule has 0 radical (unpaired) electrons. The first-order chi connectivity index (χ1) is 26.9. The molecule has 0 aromatic carbocycles. The average Bonchev–Trinajstić information content (AvgIpc) is 3.14. The van der Waals surface area contributed by atoms with E-state index < -0.39 is 0 Å². The molecule has 8 heteroatoms. The molecule has 0 saturated carbocycles. The zero-order valence-electron chi connectivity index (χ0n) is 38.2. The van der Waals surface area contributed by atoms with Gasteiger partial charge in [0.05, 0.1) is 26.4 Å². The third kappa shape index (κ3) is 46.3. The molecule has 8 nitrogen and oxygen atoms in total. The van der Waals surface area contributed by atoms with E-state index in [1.807, 2.05) is 0 Å². The lowest BCUT2D eigenvalue weighted by Crippen LogP contribution is -2.13. The van der Waals surface area contributed by atoms with Crippen molar-refractivity contribution in [3.8, 4) is 0 Å². The highest BCUT2D eigenvalue weighted by Crippen LogP contribution is 2.18. The van der Waals surface area contributed by atoms with Gasteiger partial charge < -0.3 is 18.9 Å².